The number of rotatable bonds is 6. The molecule has 1 fully saturated rings. The standard InChI is InChI=1S/C18H18INO4S/c1-23-15-8-12(17-20-14(10-25-17)18(21)22)7-13(19)16(15)24-9-11-5-3-2-4-6-11/h2-8,14,17,20H,9-10H2,1H3,(H,21,22)/t14-,17+/m1/s1. The molecule has 7 heteroatoms. The second kappa shape index (κ2) is 8.29. The van der Waals surface area contributed by atoms with E-state index in [1.54, 1.807) is 18.9 Å². The van der Waals surface area contributed by atoms with Gasteiger partial charge in [0.2, 0.25) is 0 Å². The Hall–Kier alpha value is -1.45. The average molecular weight is 471 g/mol. The molecule has 0 saturated carbocycles. The van der Waals surface area contributed by atoms with Crippen molar-refractivity contribution in [1.82, 2.24) is 5.32 Å². The van der Waals surface area contributed by atoms with E-state index in [4.69, 9.17) is 14.6 Å². The van der Waals surface area contributed by atoms with Gasteiger partial charge in [-0.15, -0.1) is 11.8 Å². The maximum Gasteiger partial charge on any atom is 0.321 e. The fourth-order valence-electron chi connectivity index (χ4n) is 2.57. The van der Waals surface area contributed by atoms with Crippen LogP contribution >= 0.6 is 34.4 Å². The van der Waals surface area contributed by atoms with E-state index in [1.165, 1.54) is 0 Å². The zero-order valence-electron chi connectivity index (χ0n) is 13.6. The molecular formula is C18H18INO4S. The third kappa shape index (κ3) is 4.39. The van der Waals surface area contributed by atoms with Crippen LogP contribution in [0.2, 0.25) is 0 Å². The monoisotopic (exact) mass is 471 g/mol. The number of ether oxygens (including phenoxy) is 2. The number of benzene rings is 2. The van der Waals surface area contributed by atoms with Crippen molar-refractivity contribution in [3.8, 4) is 11.5 Å². The number of nitrogens with one attached hydrogen (secondary N) is 1. The first-order valence-corrected chi connectivity index (χ1v) is 9.86. The SMILES string of the molecule is COc1cc([C@H]2N[C@@H](C(=O)O)CS2)cc(I)c1OCc1ccccc1. The van der Waals surface area contributed by atoms with E-state index in [9.17, 15) is 4.79 Å². The Kier molecular flexibility index (Phi) is 6.08. The van der Waals surface area contributed by atoms with Gasteiger partial charge < -0.3 is 14.6 Å². The summed E-state index contributed by atoms with van der Waals surface area (Å²) < 4.78 is 12.4. The Bertz CT molecular complexity index is 756. The van der Waals surface area contributed by atoms with Gasteiger partial charge in [0.05, 0.1) is 16.1 Å². The Morgan fingerprint density at radius 2 is 2.12 bits per heavy atom. The number of thioether (sulfide) groups is 1. The second-order valence-electron chi connectivity index (χ2n) is 5.58. The molecule has 5 nitrogen and oxygen atoms in total. The number of carboxylic acids is 1. The largest absolute Gasteiger partial charge is 0.493 e. The number of hydrogen-bond acceptors (Lipinski definition) is 5. The third-order valence-corrected chi connectivity index (χ3v) is 5.93. The van der Waals surface area contributed by atoms with Gasteiger partial charge in [-0.1, -0.05) is 30.3 Å². The average Bonchev–Trinajstić information content (AvgIpc) is 3.11. The first kappa shape index (κ1) is 18.3. The molecule has 3 rings (SSSR count). The van der Waals surface area contributed by atoms with Crippen molar-refractivity contribution in [2.75, 3.05) is 12.9 Å². The maximum absolute atomic E-state index is 11.1. The van der Waals surface area contributed by atoms with E-state index in [0.717, 1.165) is 14.7 Å². The molecule has 2 aromatic carbocycles. The Morgan fingerprint density at radius 3 is 2.76 bits per heavy atom. The van der Waals surface area contributed by atoms with Crippen LogP contribution < -0.4 is 14.8 Å². The van der Waals surface area contributed by atoms with Crippen molar-refractivity contribution in [2.24, 2.45) is 0 Å². The van der Waals surface area contributed by atoms with Gasteiger partial charge in [0.25, 0.3) is 0 Å². The number of carbonyl (C=O) groups is 1. The van der Waals surface area contributed by atoms with Crippen molar-refractivity contribution < 1.29 is 19.4 Å². The maximum atomic E-state index is 11.1. The van der Waals surface area contributed by atoms with Crippen molar-refractivity contribution >= 4 is 40.3 Å². The van der Waals surface area contributed by atoms with E-state index in [2.05, 4.69) is 27.9 Å². The predicted molar refractivity (Wildman–Crippen MR) is 106 cm³/mol. The summed E-state index contributed by atoms with van der Waals surface area (Å²) in [6.07, 6.45) is 0. The number of halogens is 1. The molecule has 1 heterocycles. The van der Waals surface area contributed by atoms with E-state index >= 15 is 0 Å². The van der Waals surface area contributed by atoms with E-state index < -0.39 is 12.0 Å². The van der Waals surface area contributed by atoms with Crippen LogP contribution in [0.25, 0.3) is 0 Å². The van der Waals surface area contributed by atoms with Crippen LogP contribution in [0.1, 0.15) is 16.5 Å². The molecule has 25 heavy (non-hydrogen) atoms. The summed E-state index contributed by atoms with van der Waals surface area (Å²) in [5, 5.41) is 12.2. The quantitative estimate of drug-likeness (QED) is 0.627. The summed E-state index contributed by atoms with van der Waals surface area (Å²) in [5.41, 5.74) is 2.07. The molecule has 132 valence electrons. The first-order chi connectivity index (χ1) is 12.1. The number of aliphatic carboxylic acids is 1. The summed E-state index contributed by atoms with van der Waals surface area (Å²) in [4.78, 5) is 11.1. The molecular weight excluding hydrogens is 453 g/mol. The summed E-state index contributed by atoms with van der Waals surface area (Å²) in [5.74, 6) is 1.08. The van der Waals surface area contributed by atoms with Gasteiger partial charge in [-0.2, -0.15) is 0 Å². The Labute approximate surface area is 164 Å². The zero-order valence-corrected chi connectivity index (χ0v) is 16.5. The lowest BCUT2D eigenvalue weighted by Gasteiger charge is -2.17. The molecule has 2 N–H and O–H groups in total. The minimum atomic E-state index is -0.820. The molecule has 0 unspecified atom stereocenters. The molecule has 1 aliphatic rings. The van der Waals surface area contributed by atoms with Crippen molar-refractivity contribution in [3.63, 3.8) is 0 Å². The number of carboxylic acid groups (broad SMARTS) is 1. The van der Waals surface area contributed by atoms with Crippen molar-refractivity contribution in [3.05, 3.63) is 57.2 Å². The Balaban J connectivity index is 1.78. The first-order valence-electron chi connectivity index (χ1n) is 7.73. The van der Waals surface area contributed by atoms with E-state index in [-0.39, 0.29) is 5.37 Å². The van der Waals surface area contributed by atoms with Crippen LogP contribution in [0.5, 0.6) is 11.5 Å². The molecule has 0 amide bonds. The summed E-state index contributed by atoms with van der Waals surface area (Å²) in [6.45, 7) is 0.462. The van der Waals surface area contributed by atoms with E-state index in [1.807, 2.05) is 42.5 Å². The summed E-state index contributed by atoms with van der Waals surface area (Å²) in [6, 6.07) is 13.4. The summed E-state index contributed by atoms with van der Waals surface area (Å²) >= 11 is 3.81. The third-order valence-electron chi connectivity index (χ3n) is 3.86. The van der Waals surface area contributed by atoms with Gasteiger partial charge in [-0.25, -0.2) is 0 Å². The molecule has 1 aliphatic heterocycles. The summed E-state index contributed by atoms with van der Waals surface area (Å²) in [7, 11) is 1.61. The van der Waals surface area contributed by atoms with Crippen molar-refractivity contribution in [2.45, 2.75) is 18.0 Å². The highest BCUT2D eigenvalue weighted by atomic mass is 127. The lowest BCUT2D eigenvalue weighted by molar-refractivity contribution is -0.138. The van der Waals surface area contributed by atoms with Crippen molar-refractivity contribution in [1.29, 1.82) is 0 Å². The molecule has 2 atom stereocenters. The normalized spacial score (nSPS) is 19.6. The van der Waals surface area contributed by atoms with Crippen LogP contribution in [0, 0.1) is 3.57 Å². The van der Waals surface area contributed by atoms with Crippen LogP contribution in [0.15, 0.2) is 42.5 Å². The molecule has 0 aliphatic carbocycles. The Morgan fingerprint density at radius 1 is 1.36 bits per heavy atom. The second-order valence-corrected chi connectivity index (χ2v) is 7.88. The fraction of sp³-hybridized carbons (Fsp3) is 0.278. The van der Waals surface area contributed by atoms with Crippen LogP contribution in [0.3, 0.4) is 0 Å². The minimum absolute atomic E-state index is 0.0633. The molecule has 1 saturated heterocycles. The lowest BCUT2D eigenvalue weighted by atomic mass is 10.2. The number of hydrogen-bond donors (Lipinski definition) is 2. The molecule has 0 spiro atoms. The molecule has 0 bridgehead atoms. The minimum Gasteiger partial charge on any atom is -0.493 e. The van der Waals surface area contributed by atoms with Gasteiger partial charge in [-0.05, 0) is 45.9 Å². The molecule has 0 aromatic heterocycles. The van der Waals surface area contributed by atoms with E-state index in [0.29, 0.717) is 23.9 Å². The zero-order chi connectivity index (χ0) is 17.8. The highest BCUT2D eigenvalue weighted by molar-refractivity contribution is 14.1. The van der Waals surface area contributed by atoms with Gasteiger partial charge in [0.15, 0.2) is 11.5 Å². The van der Waals surface area contributed by atoms with Crippen LogP contribution in [-0.2, 0) is 11.4 Å². The number of methoxy groups -OCH3 is 1. The topological polar surface area (TPSA) is 67.8 Å². The van der Waals surface area contributed by atoms with Crippen LogP contribution in [0.4, 0.5) is 0 Å². The van der Waals surface area contributed by atoms with Gasteiger partial charge in [0, 0.05) is 5.75 Å². The highest BCUT2D eigenvalue weighted by Gasteiger charge is 2.31. The highest BCUT2D eigenvalue weighted by Crippen LogP contribution is 2.40. The van der Waals surface area contributed by atoms with Gasteiger partial charge >= 0.3 is 5.97 Å². The van der Waals surface area contributed by atoms with Gasteiger partial charge in [0.1, 0.15) is 12.6 Å². The lowest BCUT2D eigenvalue weighted by Crippen LogP contribution is -2.33. The van der Waals surface area contributed by atoms with Crippen LogP contribution in [-0.4, -0.2) is 30.0 Å². The molecule has 0 radical (unpaired) electrons. The molecule has 2 aromatic rings. The predicted octanol–water partition coefficient (Wildman–Crippen LogP) is 3.67. The fourth-order valence-corrected chi connectivity index (χ4v) is 4.56. The smallest absolute Gasteiger partial charge is 0.321 e. The van der Waals surface area contributed by atoms with Gasteiger partial charge in [-0.3, -0.25) is 10.1 Å².